The molecule has 188 valence electrons. The van der Waals surface area contributed by atoms with Crippen LogP contribution in [0.2, 0.25) is 0 Å². The van der Waals surface area contributed by atoms with Gasteiger partial charge >= 0.3 is 12.1 Å². The van der Waals surface area contributed by atoms with Crippen molar-refractivity contribution in [3.8, 4) is 0 Å². The molecule has 8 heteroatoms. The molecule has 0 saturated carbocycles. The molecule has 1 unspecified atom stereocenters. The molecule has 2 aromatic carbocycles. The van der Waals surface area contributed by atoms with Gasteiger partial charge in [-0.3, -0.25) is 4.79 Å². The summed E-state index contributed by atoms with van der Waals surface area (Å²) in [5.41, 5.74) is 1.69. The van der Waals surface area contributed by atoms with E-state index in [1.54, 1.807) is 45.9 Å². The largest absolute Gasteiger partial charge is 0.481 e. The summed E-state index contributed by atoms with van der Waals surface area (Å²) >= 11 is 0. The molecule has 1 aromatic heterocycles. The molecule has 0 aliphatic rings. The van der Waals surface area contributed by atoms with Crippen molar-refractivity contribution < 1.29 is 23.8 Å². The highest BCUT2D eigenvalue weighted by Gasteiger charge is 2.28. The van der Waals surface area contributed by atoms with Crippen molar-refractivity contribution in [2.45, 2.75) is 58.2 Å². The lowest BCUT2D eigenvalue weighted by Crippen LogP contribution is -2.44. The van der Waals surface area contributed by atoms with Crippen LogP contribution in [-0.4, -0.2) is 51.8 Å². The highest BCUT2D eigenvalue weighted by molar-refractivity contribution is 5.83. The van der Waals surface area contributed by atoms with E-state index >= 15 is 0 Å². The summed E-state index contributed by atoms with van der Waals surface area (Å²) < 4.78 is 20.0. The minimum Gasteiger partial charge on any atom is -0.481 e. The first kappa shape index (κ1) is 26.2. The van der Waals surface area contributed by atoms with Crippen LogP contribution in [0.15, 0.2) is 54.7 Å². The van der Waals surface area contributed by atoms with Gasteiger partial charge in [-0.15, -0.1) is 0 Å². The average Bonchev–Trinajstić information content (AvgIpc) is 3.17. The van der Waals surface area contributed by atoms with Crippen LogP contribution in [0.4, 0.5) is 9.18 Å². The van der Waals surface area contributed by atoms with Gasteiger partial charge in [0.2, 0.25) is 0 Å². The van der Waals surface area contributed by atoms with Crippen LogP contribution in [0.3, 0.4) is 0 Å². The Labute approximate surface area is 205 Å². The number of aromatic nitrogens is 1. The number of carboxylic acid groups (broad SMARTS) is 1. The second-order valence-corrected chi connectivity index (χ2v) is 9.68. The molecule has 0 spiro atoms. The maximum atomic E-state index is 14.5. The highest BCUT2D eigenvalue weighted by atomic mass is 19.1. The molecule has 0 fully saturated rings. The van der Waals surface area contributed by atoms with E-state index < -0.39 is 29.5 Å². The Hall–Kier alpha value is -3.39. The molecule has 0 radical (unpaired) electrons. The number of nitrogens with one attached hydrogen (secondary N) is 2. The lowest BCUT2D eigenvalue weighted by atomic mass is 10.0. The molecule has 3 N–H and O–H groups in total. The van der Waals surface area contributed by atoms with Crippen molar-refractivity contribution >= 4 is 23.0 Å². The first-order valence-corrected chi connectivity index (χ1v) is 11.8. The van der Waals surface area contributed by atoms with E-state index in [9.17, 15) is 19.1 Å². The van der Waals surface area contributed by atoms with Gasteiger partial charge < -0.3 is 25.0 Å². The van der Waals surface area contributed by atoms with Crippen LogP contribution in [-0.2, 0) is 16.0 Å². The molecule has 0 saturated heterocycles. The number of para-hydroxylation sites is 1. The smallest absolute Gasteiger partial charge is 0.410 e. The van der Waals surface area contributed by atoms with E-state index in [0.29, 0.717) is 18.5 Å². The SMILES string of the molecule is CC(c1ccccc1F)N(CCN[C@@H](CC(=O)O)Cc1c[nH]c2ccccc12)C(=O)OC(C)(C)C. The summed E-state index contributed by atoms with van der Waals surface area (Å²) in [5.74, 6) is -1.31. The minimum atomic E-state index is -0.911. The fraction of sp³-hybridized carbons (Fsp3) is 0.407. The van der Waals surface area contributed by atoms with Crippen molar-refractivity contribution in [3.63, 3.8) is 0 Å². The third kappa shape index (κ3) is 7.29. The Morgan fingerprint density at radius 1 is 1.14 bits per heavy atom. The Bertz CT molecular complexity index is 1150. The molecule has 1 heterocycles. The number of nitrogens with zero attached hydrogens (tertiary/aromatic N) is 1. The van der Waals surface area contributed by atoms with Gasteiger partial charge in [-0.25, -0.2) is 9.18 Å². The predicted octanol–water partition coefficient (Wildman–Crippen LogP) is 5.28. The van der Waals surface area contributed by atoms with Gasteiger partial charge in [0, 0.05) is 41.8 Å². The zero-order valence-corrected chi connectivity index (χ0v) is 20.7. The van der Waals surface area contributed by atoms with E-state index in [4.69, 9.17) is 4.74 Å². The van der Waals surface area contributed by atoms with Crippen LogP contribution in [0.25, 0.3) is 10.9 Å². The van der Waals surface area contributed by atoms with Gasteiger partial charge in [-0.05, 0) is 51.8 Å². The predicted molar refractivity (Wildman–Crippen MR) is 134 cm³/mol. The van der Waals surface area contributed by atoms with Gasteiger partial charge in [0.25, 0.3) is 0 Å². The van der Waals surface area contributed by atoms with Crippen LogP contribution in [0, 0.1) is 5.82 Å². The van der Waals surface area contributed by atoms with Crippen LogP contribution in [0.1, 0.15) is 51.3 Å². The number of carboxylic acids is 1. The molecule has 0 aliphatic carbocycles. The molecule has 3 aromatic rings. The number of aromatic amines is 1. The number of fused-ring (bicyclic) bond motifs is 1. The van der Waals surface area contributed by atoms with Gasteiger partial charge in [0.05, 0.1) is 12.5 Å². The lowest BCUT2D eigenvalue weighted by Gasteiger charge is -2.32. The van der Waals surface area contributed by atoms with E-state index in [2.05, 4.69) is 10.3 Å². The number of ether oxygens (including phenoxy) is 1. The summed E-state index contributed by atoms with van der Waals surface area (Å²) in [5, 5.41) is 13.8. The molecule has 0 aliphatic heterocycles. The molecule has 0 bridgehead atoms. The van der Waals surface area contributed by atoms with Crippen LogP contribution in [0.5, 0.6) is 0 Å². The number of aliphatic carboxylic acids is 1. The van der Waals surface area contributed by atoms with E-state index in [-0.39, 0.29) is 19.0 Å². The number of amides is 1. The number of benzene rings is 2. The van der Waals surface area contributed by atoms with Gasteiger partial charge in [0.15, 0.2) is 0 Å². The second kappa shape index (κ2) is 11.4. The molecular weight excluding hydrogens is 449 g/mol. The monoisotopic (exact) mass is 483 g/mol. The number of hydrogen-bond acceptors (Lipinski definition) is 4. The summed E-state index contributed by atoms with van der Waals surface area (Å²) in [6.07, 6.45) is 1.77. The third-order valence-electron chi connectivity index (χ3n) is 5.80. The maximum absolute atomic E-state index is 14.5. The van der Waals surface area contributed by atoms with Gasteiger partial charge in [0.1, 0.15) is 11.4 Å². The van der Waals surface area contributed by atoms with Crippen molar-refractivity contribution in [3.05, 3.63) is 71.7 Å². The normalized spacial score (nSPS) is 13.4. The quantitative estimate of drug-likeness (QED) is 0.365. The second-order valence-electron chi connectivity index (χ2n) is 9.68. The first-order valence-electron chi connectivity index (χ1n) is 11.8. The molecule has 35 heavy (non-hydrogen) atoms. The maximum Gasteiger partial charge on any atom is 0.410 e. The Morgan fingerprint density at radius 2 is 1.83 bits per heavy atom. The zero-order chi connectivity index (χ0) is 25.6. The third-order valence-corrected chi connectivity index (χ3v) is 5.80. The van der Waals surface area contributed by atoms with Crippen molar-refractivity contribution in [1.82, 2.24) is 15.2 Å². The first-order chi connectivity index (χ1) is 16.5. The van der Waals surface area contributed by atoms with Crippen molar-refractivity contribution in [1.29, 1.82) is 0 Å². The number of hydrogen-bond donors (Lipinski definition) is 3. The number of carbonyl (C=O) groups excluding carboxylic acids is 1. The fourth-order valence-electron chi connectivity index (χ4n) is 4.13. The summed E-state index contributed by atoms with van der Waals surface area (Å²) in [7, 11) is 0. The van der Waals surface area contributed by atoms with Gasteiger partial charge in [-0.1, -0.05) is 36.4 Å². The van der Waals surface area contributed by atoms with Gasteiger partial charge in [-0.2, -0.15) is 0 Å². The Morgan fingerprint density at radius 3 is 2.51 bits per heavy atom. The molecule has 1 amide bonds. The Balaban J connectivity index is 1.74. The van der Waals surface area contributed by atoms with Crippen LogP contribution >= 0.6 is 0 Å². The number of halogens is 1. The zero-order valence-electron chi connectivity index (χ0n) is 20.7. The van der Waals surface area contributed by atoms with Crippen LogP contribution < -0.4 is 5.32 Å². The van der Waals surface area contributed by atoms with Crippen molar-refractivity contribution in [2.24, 2.45) is 0 Å². The average molecular weight is 484 g/mol. The molecule has 7 nitrogen and oxygen atoms in total. The lowest BCUT2D eigenvalue weighted by molar-refractivity contribution is -0.137. The minimum absolute atomic E-state index is 0.0746. The van der Waals surface area contributed by atoms with E-state index in [1.165, 1.54) is 11.0 Å². The standard InChI is InChI=1S/C27H34FN3O4/c1-18(21-9-5-7-11-23(21)28)31(26(34)35-27(2,3)4)14-13-29-20(16-25(32)33)15-19-17-30-24-12-8-6-10-22(19)24/h5-12,17-18,20,29-30H,13-16H2,1-4H3,(H,32,33)/t18?,20-/m1/s1. The fourth-order valence-corrected chi connectivity index (χ4v) is 4.13. The van der Waals surface area contributed by atoms with E-state index in [0.717, 1.165) is 16.5 Å². The summed E-state index contributed by atoms with van der Waals surface area (Å²) in [6, 6.07) is 13.3. The molecular formula is C27H34FN3O4. The molecule has 3 rings (SSSR count). The number of carbonyl (C=O) groups is 2. The highest BCUT2D eigenvalue weighted by Crippen LogP contribution is 2.25. The molecule has 2 atom stereocenters. The summed E-state index contributed by atoms with van der Waals surface area (Å²) in [6.45, 7) is 7.62. The number of H-pyrrole nitrogens is 1. The Kier molecular flexibility index (Phi) is 8.51. The van der Waals surface area contributed by atoms with E-state index in [1.807, 2.05) is 30.5 Å². The number of rotatable bonds is 10. The van der Waals surface area contributed by atoms with Crippen molar-refractivity contribution in [2.75, 3.05) is 13.1 Å². The topological polar surface area (TPSA) is 94.7 Å². The summed E-state index contributed by atoms with van der Waals surface area (Å²) in [4.78, 5) is 29.2.